The van der Waals surface area contributed by atoms with Gasteiger partial charge in [-0.2, -0.15) is 0 Å². The minimum atomic E-state index is -0.725. The quantitative estimate of drug-likeness (QED) is 0.525. The summed E-state index contributed by atoms with van der Waals surface area (Å²) in [6.45, 7) is 0.462. The fourth-order valence-corrected chi connectivity index (χ4v) is 1.36. The molecule has 7 heteroatoms. The number of carbonyl (C=O) groups excluding carboxylic acids is 2. The van der Waals surface area contributed by atoms with Crippen LogP contribution < -0.4 is 10.6 Å². The van der Waals surface area contributed by atoms with E-state index in [-0.39, 0.29) is 29.5 Å². The molecule has 0 atom stereocenters. The van der Waals surface area contributed by atoms with Gasteiger partial charge in [0.15, 0.2) is 0 Å². The van der Waals surface area contributed by atoms with Crippen LogP contribution >= 0.6 is 0 Å². The van der Waals surface area contributed by atoms with Gasteiger partial charge in [-0.05, 0) is 12.1 Å². The molecule has 1 aromatic carbocycles. The summed E-state index contributed by atoms with van der Waals surface area (Å²) in [4.78, 5) is 23.0. The Kier molecular flexibility index (Phi) is 5.62. The Morgan fingerprint density at radius 2 is 1.84 bits per heavy atom. The summed E-state index contributed by atoms with van der Waals surface area (Å²) in [5.74, 6) is -1.81. The number of hydrogen-bond donors (Lipinski definition) is 4. The molecule has 0 aliphatic heterocycles. The maximum absolute atomic E-state index is 11.7. The third kappa shape index (κ3) is 4.47. The average molecular weight is 268 g/mol. The Labute approximate surface area is 110 Å². The standard InChI is InChI=1S/C12H16N2O5/c1-19-6-5-13-10(17)7-14-12(18)11-8(15)3-2-4-9(11)16/h2-4,15-16H,5-7H2,1H3,(H,13,17)(H,14,18). The lowest BCUT2D eigenvalue weighted by molar-refractivity contribution is -0.120. The van der Waals surface area contributed by atoms with Crippen LogP contribution in [0.25, 0.3) is 0 Å². The fourth-order valence-electron chi connectivity index (χ4n) is 1.36. The van der Waals surface area contributed by atoms with Crippen molar-refractivity contribution in [3.8, 4) is 11.5 Å². The molecule has 0 unspecified atom stereocenters. The number of amides is 2. The van der Waals surface area contributed by atoms with Gasteiger partial charge in [0.25, 0.3) is 5.91 Å². The van der Waals surface area contributed by atoms with Crippen LogP contribution in [-0.4, -0.2) is 48.8 Å². The molecule has 2 amide bonds. The molecule has 4 N–H and O–H groups in total. The first-order valence-corrected chi connectivity index (χ1v) is 5.61. The zero-order valence-electron chi connectivity index (χ0n) is 10.5. The highest BCUT2D eigenvalue weighted by atomic mass is 16.5. The molecule has 0 saturated heterocycles. The second-order valence-corrected chi connectivity index (χ2v) is 3.70. The molecule has 0 bridgehead atoms. The van der Waals surface area contributed by atoms with E-state index < -0.39 is 5.91 Å². The van der Waals surface area contributed by atoms with Crippen molar-refractivity contribution in [3.05, 3.63) is 23.8 Å². The maximum atomic E-state index is 11.7. The molecule has 19 heavy (non-hydrogen) atoms. The van der Waals surface area contributed by atoms with E-state index in [2.05, 4.69) is 10.6 Å². The van der Waals surface area contributed by atoms with Gasteiger partial charge in [0.05, 0.1) is 13.2 Å². The topological polar surface area (TPSA) is 108 Å². The number of methoxy groups -OCH3 is 1. The molecule has 1 rings (SSSR count). The van der Waals surface area contributed by atoms with Crippen LogP contribution in [-0.2, 0) is 9.53 Å². The van der Waals surface area contributed by atoms with Crippen molar-refractivity contribution in [3.63, 3.8) is 0 Å². The fraction of sp³-hybridized carbons (Fsp3) is 0.333. The first-order chi connectivity index (χ1) is 9.06. The first-order valence-electron chi connectivity index (χ1n) is 5.61. The second-order valence-electron chi connectivity index (χ2n) is 3.70. The van der Waals surface area contributed by atoms with E-state index in [1.165, 1.54) is 25.3 Å². The number of rotatable bonds is 6. The van der Waals surface area contributed by atoms with Gasteiger partial charge in [0.2, 0.25) is 5.91 Å². The van der Waals surface area contributed by atoms with Crippen LogP contribution in [0.1, 0.15) is 10.4 Å². The lowest BCUT2D eigenvalue weighted by Gasteiger charge is -2.08. The van der Waals surface area contributed by atoms with Crippen molar-refractivity contribution in [1.29, 1.82) is 0 Å². The molecule has 0 aliphatic carbocycles. The van der Waals surface area contributed by atoms with Gasteiger partial charge in [0, 0.05) is 13.7 Å². The van der Waals surface area contributed by atoms with Gasteiger partial charge in [0.1, 0.15) is 17.1 Å². The molecule has 0 heterocycles. The molecule has 0 aromatic heterocycles. The minimum absolute atomic E-state index is 0.254. The van der Waals surface area contributed by atoms with Crippen molar-refractivity contribution in [2.45, 2.75) is 0 Å². The van der Waals surface area contributed by atoms with Crippen molar-refractivity contribution in [2.75, 3.05) is 26.8 Å². The Hall–Kier alpha value is -2.28. The van der Waals surface area contributed by atoms with Crippen molar-refractivity contribution in [2.24, 2.45) is 0 Å². The summed E-state index contributed by atoms with van der Waals surface area (Å²) in [6.07, 6.45) is 0. The highest BCUT2D eigenvalue weighted by Crippen LogP contribution is 2.25. The van der Waals surface area contributed by atoms with E-state index in [4.69, 9.17) is 4.74 Å². The lowest BCUT2D eigenvalue weighted by Crippen LogP contribution is -2.38. The number of aromatic hydroxyl groups is 2. The highest BCUT2D eigenvalue weighted by molar-refractivity contribution is 6.00. The van der Waals surface area contributed by atoms with Gasteiger partial charge < -0.3 is 25.6 Å². The highest BCUT2D eigenvalue weighted by Gasteiger charge is 2.16. The summed E-state index contributed by atoms with van der Waals surface area (Å²) in [5, 5.41) is 23.7. The number of phenols is 2. The summed E-state index contributed by atoms with van der Waals surface area (Å²) in [6, 6.07) is 3.94. The molecule has 7 nitrogen and oxygen atoms in total. The number of carbonyl (C=O) groups is 2. The molecule has 0 aliphatic rings. The zero-order valence-corrected chi connectivity index (χ0v) is 10.5. The minimum Gasteiger partial charge on any atom is -0.507 e. The van der Waals surface area contributed by atoms with E-state index in [9.17, 15) is 19.8 Å². The van der Waals surface area contributed by atoms with Crippen LogP contribution in [0.3, 0.4) is 0 Å². The van der Waals surface area contributed by atoms with E-state index in [0.717, 1.165) is 0 Å². The number of nitrogens with one attached hydrogen (secondary N) is 2. The number of benzene rings is 1. The molecule has 0 fully saturated rings. The molecule has 0 saturated carbocycles. The summed E-state index contributed by atoms with van der Waals surface area (Å²) in [7, 11) is 1.51. The van der Waals surface area contributed by atoms with Crippen molar-refractivity contribution < 1.29 is 24.5 Å². The Bertz CT molecular complexity index is 441. The normalized spacial score (nSPS) is 9.95. The van der Waals surface area contributed by atoms with Crippen LogP contribution in [0.4, 0.5) is 0 Å². The van der Waals surface area contributed by atoms with Gasteiger partial charge in [-0.1, -0.05) is 6.07 Å². The summed E-state index contributed by atoms with van der Waals surface area (Å²) in [5.41, 5.74) is -0.257. The molecule has 1 aromatic rings. The predicted molar refractivity (Wildman–Crippen MR) is 67.0 cm³/mol. The monoisotopic (exact) mass is 268 g/mol. The average Bonchev–Trinajstić information content (AvgIpc) is 2.36. The number of ether oxygens (including phenoxy) is 1. The number of phenolic OH excluding ortho intramolecular Hbond substituents is 2. The van der Waals surface area contributed by atoms with E-state index in [1.807, 2.05) is 0 Å². The third-order valence-corrected chi connectivity index (χ3v) is 2.29. The summed E-state index contributed by atoms with van der Waals surface area (Å²) < 4.78 is 4.75. The molecular weight excluding hydrogens is 252 g/mol. The summed E-state index contributed by atoms with van der Waals surface area (Å²) >= 11 is 0. The molecule has 104 valence electrons. The molecule has 0 radical (unpaired) electrons. The largest absolute Gasteiger partial charge is 0.507 e. The van der Waals surface area contributed by atoms with Crippen LogP contribution in [0.5, 0.6) is 11.5 Å². The van der Waals surface area contributed by atoms with Gasteiger partial charge in [-0.3, -0.25) is 9.59 Å². The predicted octanol–water partition coefficient (Wildman–Crippen LogP) is -0.410. The molecular formula is C12H16N2O5. The Morgan fingerprint density at radius 3 is 2.42 bits per heavy atom. The SMILES string of the molecule is COCCNC(=O)CNC(=O)c1c(O)cccc1O. The van der Waals surface area contributed by atoms with Crippen LogP contribution in [0.15, 0.2) is 18.2 Å². The third-order valence-electron chi connectivity index (χ3n) is 2.29. The van der Waals surface area contributed by atoms with Crippen molar-refractivity contribution in [1.82, 2.24) is 10.6 Å². The Balaban J connectivity index is 2.49. The first kappa shape index (κ1) is 14.8. The van der Waals surface area contributed by atoms with Gasteiger partial charge in [-0.25, -0.2) is 0 Å². The van der Waals surface area contributed by atoms with Gasteiger partial charge in [-0.15, -0.1) is 0 Å². The second kappa shape index (κ2) is 7.22. The van der Waals surface area contributed by atoms with E-state index >= 15 is 0 Å². The molecule has 0 spiro atoms. The van der Waals surface area contributed by atoms with Crippen molar-refractivity contribution >= 4 is 11.8 Å². The van der Waals surface area contributed by atoms with E-state index in [0.29, 0.717) is 13.2 Å². The number of hydrogen-bond acceptors (Lipinski definition) is 5. The maximum Gasteiger partial charge on any atom is 0.259 e. The van der Waals surface area contributed by atoms with E-state index in [1.54, 1.807) is 0 Å². The van der Waals surface area contributed by atoms with Crippen LogP contribution in [0, 0.1) is 0 Å². The smallest absolute Gasteiger partial charge is 0.259 e. The van der Waals surface area contributed by atoms with Gasteiger partial charge >= 0.3 is 0 Å². The lowest BCUT2D eigenvalue weighted by atomic mass is 10.1. The zero-order chi connectivity index (χ0) is 14.3. The Morgan fingerprint density at radius 1 is 1.21 bits per heavy atom. The van der Waals surface area contributed by atoms with Crippen LogP contribution in [0.2, 0.25) is 0 Å².